The van der Waals surface area contributed by atoms with Gasteiger partial charge in [-0.05, 0) is 66.9 Å². The van der Waals surface area contributed by atoms with Crippen molar-refractivity contribution in [2.75, 3.05) is 0 Å². The monoisotopic (exact) mass is 261 g/mol. The highest BCUT2D eigenvalue weighted by Crippen LogP contribution is 2.55. The second-order valence-corrected chi connectivity index (χ2v) is 7.33. The minimum Gasteiger partial charge on any atom is -0.508 e. The fraction of sp³-hybridized carbons (Fsp3) is 0.765. The molecular formula is C17H27NO. The molecule has 3 rings (SSSR count). The molecule has 0 spiro atoms. The Bertz CT molecular complexity index is 411. The van der Waals surface area contributed by atoms with Crippen LogP contribution in [0.25, 0.3) is 0 Å². The number of allylic oxidation sites excluding steroid dienone is 3. The number of hydrogen-bond donors (Lipinski definition) is 2. The molecule has 6 atom stereocenters. The van der Waals surface area contributed by atoms with Gasteiger partial charge >= 0.3 is 0 Å². The predicted octanol–water partition coefficient (Wildman–Crippen LogP) is 3.79. The molecule has 2 bridgehead atoms. The van der Waals surface area contributed by atoms with E-state index in [4.69, 9.17) is 5.73 Å². The third-order valence-electron chi connectivity index (χ3n) is 6.01. The molecule has 2 fully saturated rings. The number of fused-ring (bicyclic) bond motifs is 2. The van der Waals surface area contributed by atoms with Crippen molar-refractivity contribution in [3.63, 3.8) is 0 Å². The van der Waals surface area contributed by atoms with E-state index in [1.807, 2.05) is 12.2 Å². The van der Waals surface area contributed by atoms with Gasteiger partial charge in [0, 0.05) is 6.04 Å². The number of hydrogen-bond acceptors (Lipinski definition) is 2. The molecule has 0 radical (unpaired) electrons. The minimum absolute atomic E-state index is 0.225. The molecule has 2 nitrogen and oxygen atoms in total. The highest BCUT2D eigenvalue weighted by atomic mass is 16.3. The summed E-state index contributed by atoms with van der Waals surface area (Å²) < 4.78 is 0. The molecule has 3 N–H and O–H groups in total. The van der Waals surface area contributed by atoms with Crippen LogP contribution in [0.4, 0.5) is 0 Å². The molecule has 0 aliphatic heterocycles. The highest BCUT2D eigenvalue weighted by Gasteiger charge is 2.51. The second kappa shape index (κ2) is 4.66. The Morgan fingerprint density at radius 1 is 1.42 bits per heavy atom. The molecule has 0 amide bonds. The summed E-state index contributed by atoms with van der Waals surface area (Å²) in [6.45, 7) is 4.61. The van der Waals surface area contributed by atoms with E-state index >= 15 is 0 Å². The molecule has 2 saturated carbocycles. The first-order valence-corrected chi connectivity index (χ1v) is 7.86. The lowest BCUT2D eigenvalue weighted by atomic mass is 9.69. The van der Waals surface area contributed by atoms with Gasteiger partial charge in [-0.25, -0.2) is 0 Å². The van der Waals surface area contributed by atoms with E-state index in [9.17, 15) is 5.11 Å². The van der Waals surface area contributed by atoms with Crippen molar-refractivity contribution >= 4 is 0 Å². The van der Waals surface area contributed by atoms with Gasteiger partial charge in [-0.2, -0.15) is 0 Å². The number of aliphatic hydroxyl groups excluding tert-OH is 1. The van der Waals surface area contributed by atoms with Gasteiger partial charge in [0.25, 0.3) is 0 Å². The van der Waals surface area contributed by atoms with E-state index in [1.165, 1.54) is 25.7 Å². The Morgan fingerprint density at radius 3 is 2.79 bits per heavy atom. The zero-order valence-corrected chi connectivity index (χ0v) is 12.2. The topological polar surface area (TPSA) is 46.2 Å². The Hall–Kier alpha value is -0.760. The molecule has 0 aromatic heterocycles. The van der Waals surface area contributed by atoms with E-state index in [0.29, 0.717) is 11.8 Å². The van der Waals surface area contributed by atoms with Gasteiger partial charge in [0.2, 0.25) is 0 Å². The van der Waals surface area contributed by atoms with Gasteiger partial charge in [-0.1, -0.05) is 26.3 Å². The molecule has 6 unspecified atom stereocenters. The summed E-state index contributed by atoms with van der Waals surface area (Å²) >= 11 is 0. The Kier molecular flexibility index (Phi) is 3.24. The van der Waals surface area contributed by atoms with Crippen molar-refractivity contribution in [3.05, 3.63) is 24.0 Å². The zero-order valence-electron chi connectivity index (χ0n) is 12.2. The molecule has 0 aromatic rings. The van der Waals surface area contributed by atoms with Crippen LogP contribution in [-0.4, -0.2) is 11.1 Å². The van der Waals surface area contributed by atoms with Crippen molar-refractivity contribution in [1.29, 1.82) is 0 Å². The van der Waals surface area contributed by atoms with E-state index in [-0.39, 0.29) is 5.41 Å². The Balaban J connectivity index is 1.66. The SMILES string of the molecule is CCC1C2CC(CC3(C)C=CC(O)=CC3)C(C2)C1N. The molecule has 3 aliphatic carbocycles. The standard InChI is InChI=1S/C17H27NO/c1-3-14-11-8-12(15(9-11)16(14)18)10-17(2)6-4-13(19)5-7-17/h4-6,11-12,14-16,19H,3,7-10,18H2,1-2H3. The van der Waals surface area contributed by atoms with Crippen LogP contribution >= 0.6 is 0 Å². The Labute approximate surface area is 116 Å². The van der Waals surface area contributed by atoms with Crippen LogP contribution in [0.5, 0.6) is 0 Å². The first-order valence-electron chi connectivity index (χ1n) is 7.86. The van der Waals surface area contributed by atoms with Gasteiger partial charge < -0.3 is 10.8 Å². The molecule has 0 aromatic carbocycles. The van der Waals surface area contributed by atoms with Crippen molar-refractivity contribution in [2.45, 2.75) is 52.0 Å². The van der Waals surface area contributed by atoms with Crippen molar-refractivity contribution in [2.24, 2.45) is 34.8 Å². The number of aliphatic hydroxyl groups is 1. The molecule has 0 saturated heterocycles. The van der Waals surface area contributed by atoms with Crippen LogP contribution in [0.3, 0.4) is 0 Å². The number of rotatable bonds is 3. The molecule has 19 heavy (non-hydrogen) atoms. The normalized spacial score (nSPS) is 48.6. The van der Waals surface area contributed by atoms with E-state index in [2.05, 4.69) is 19.9 Å². The fourth-order valence-corrected chi connectivity index (χ4v) is 5.01. The zero-order chi connectivity index (χ0) is 13.6. The summed E-state index contributed by atoms with van der Waals surface area (Å²) in [7, 11) is 0. The second-order valence-electron chi connectivity index (χ2n) is 7.33. The van der Waals surface area contributed by atoms with Crippen LogP contribution in [0.2, 0.25) is 0 Å². The van der Waals surface area contributed by atoms with E-state index in [0.717, 1.165) is 30.1 Å². The van der Waals surface area contributed by atoms with Crippen LogP contribution in [0.1, 0.15) is 46.0 Å². The predicted molar refractivity (Wildman–Crippen MR) is 78.7 cm³/mol. The van der Waals surface area contributed by atoms with Crippen LogP contribution in [-0.2, 0) is 0 Å². The quantitative estimate of drug-likeness (QED) is 0.812. The largest absolute Gasteiger partial charge is 0.508 e. The van der Waals surface area contributed by atoms with Gasteiger partial charge in [0.15, 0.2) is 0 Å². The fourth-order valence-electron chi connectivity index (χ4n) is 5.01. The summed E-state index contributed by atoms with van der Waals surface area (Å²) in [5, 5.41) is 9.47. The number of nitrogens with two attached hydrogens (primary N) is 1. The summed E-state index contributed by atoms with van der Waals surface area (Å²) in [6.07, 6.45) is 12.2. The van der Waals surface area contributed by atoms with Crippen LogP contribution in [0.15, 0.2) is 24.0 Å². The van der Waals surface area contributed by atoms with Crippen LogP contribution < -0.4 is 5.73 Å². The van der Waals surface area contributed by atoms with Crippen molar-refractivity contribution in [3.8, 4) is 0 Å². The van der Waals surface area contributed by atoms with Crippen LogP contribution in [0, 0.1) is 29.1 Å². The highest BCUT2D eigenvalue weighted by molar-refractivity contribution is 5.21. The maximum Gasteiger partial charge on any atom is 0.111 e. The lowest BCUT2D eigenvalue weighted by molar-refractivity contribution is 0.169. The molecule has 2 heteroatoms. The third kappa shape index (κ3) is 2.24. The van der Waals surface area contributed by atoms with Crippen molar-refractivity contribution < 1.29 is 5.11 Å². The van der Waals surface area contributed by atoms with Crippen molar-refractivity contribution in [1.82, 2.24) is 0 Å². The van der Waals surface area contributed by atoms with Gasteiger partial charge in [-0.15, -0.1) is 0 Å². The van der Waals surface area contributed by atoms with Gasteiger partial charge in [-0.3, -0.25) is 0 Å². The Morgan fingerprint density at radius 2 is 2.21 bits per heavy atom. The molecule has 0 heterocycles. The average molecular weight is 261 g/mol. The lowest BCUT2D eigenvalue weighted by Gasteiger charge is -2.38. The minimum atomic E-state index is 0.225. The molecular weight excluding hydrogens is 234 g/mol. The first-order chi connectivity index (χ1) is 9.02. The van der Waals surface area contributed by atoms with Gasteiger partial charge in [0.05, 0.1) is 0 Å². The lowest BCUT2D eigenvalue weighted by Crippen LogP contribution is -2.40. The average Bonchev–Trinajstić information content (AvgIpc) is 2.90. The molecule has 106 valence electrons. The first kappa shape index (κ1) is 13.2. The molecule has 3 aliphatic rings. The summed E-state index contributed by atoms with van der Waals surface area (Å²) in [6, 6.07) is 0.439. The maximum atomic E-state index is 9.47. The van der Waals surface area contributed by atoms with E-state index in [1.54, 1.807) is 0 Å². The third-order valence-corrected chi connectivity index (χ3v) is 6.01. The summed E-state index contributed by atoms with van der Waals surface area (Å²) in [4.78, 5) is 0. The van der Waals surface area contributed by atoms with Gasteiger partial charge in [0.1, 0.15) is 5.76 Å². The van der Waals surface area contributed by atoms with E-state index < -0.39 is 0 Å². The smallest absolute Gasteiger partial charge is 0.111 e. The summed E-state index contributed by atoms with van der Waals surface area (Å²) in [5.41, 5.74) is 6.69. The maximum absolute atomic E-state index is 9.47. The summed E-state index contributed by atoms with van der Waals surface area (Å²) in [5.74, 6) is 3.63.